The predicted molar refractivity (Wildman–Crippen MR) is 102 cm³/mol. The summed E-state index contributed by atoms with van der Waals surface area (Å²) >= 11 is 0. The zero-order valence-corrected chi connectivity index (χ0v) is 16.0. The number of nitrogens with one attached hydrogen (secondary N) is 1. The molecule has 8 nitrogen and oxygen atoms in total. The van der Waals surface area contributed by atoms with Crippen molar-refractivity contribution in [3.63, 3.8) is 0 Å². The first-order valence-electron chi connectivity index (χ1n) is 8.12. The van der Waals surface area contributed by atoms with Crippen molar-refractivity contribution in [2.24, 2.45) is 0 Å². The third kappa shape index (κ3) is 4.08. The highest BCUT2D eigenvalue weighted by Gasteiger charge is 2.19. The van der Waals surface area contributed by atoms with E-state index < -0.39 is 15.9 Å². The summed E-state index contributed by atoms with van der Waals surface area (Å²) in [7, 11) is -0.600. The first-order chi connectivity index (χ1) is 12.8. The third-order valence-corrected chi connectivity index (χ3v) is 5.29. The van der Waals surface area contributed by atoms with Crippen LogP contribution in [0, 0.1) is 0 Å². The van der Waals surface area contributed by atoms with Gasteiger partial charge in [-0.3, -0.25) is 9.10 Å². The smallest absolute Gasteiger partial charge is 0.259 e. The van der Waals surface area contributed by atoms with Gasteiger partial charge in [-0.1, -0.05) is 0 Å². The van der Waals surface area contributed by atoms with Crippen molar-refractivity contribution >= 4 is 27.3 Å². The molecule has 1 heterocycles. The van der Waals surface area contributed by atoms with E-state index in [1.807, 2.05) is 0 Å². The van der Waals surface area contributed by atoms with Gasteiger partial charge < -0.3 is 19.5 Å². The minimum Gasteiger partial charge on any atom is -0.496 e. The topological polar surface area (TPSA) is 94.2 Å². The molecule has 0 aliphatic carbocycles. The van der Waals surface area contributed by atoms with Gasteiger partial charge in [0.2, 0.25) is 10.0 Å². The van der Waals surface area contributed by atoms with Crippen LogP contribution in [-0.2, 0) is 10.0 Å². The average molecular weight is 392 g/mol. The molecule has 2 aromatic rings. The summed E-state index contributed by atoms with van der Waals surface area (Å²) in [5.41, 5.74) is 1.08. The largest absolute Gasteiger partial charge is 0.496 e. The van der Waals surface area contributed by atoms with E-state index in [1.54, 1.807) is 30.3 Å². The molecule has 1 aliphatic heterocycles. The maximum absolute atomic E-state index is 12.8. The molecule has 0 fully saturated rings. The number of sulfonamides is 1. The van der Waals surface area contributed by atoms with Crippen LogP contribution in [0.2, 0.25) is 0 Å². The van der Waals surface area contributed by atoms with Crippen LogP contribution in [0.4, 0.5) is 11.4 Å². The molecular weight excluding hydrogens is 372 g/mol. The zero-order valence-electron chi connectivity index (χ0n) is 15.2. The minimum atomic E-state index is -3.46. The summed E-state index contributed by atoms with van der Waals surface area (Å²) in [6, 6.07) is 9.68. The zero-order chi connectivity index (χ0) is 19.6. The highest BCUT2D eigenvalue weighted by atomic mass is 32.2. The maximum Gasteiger partial charge on any atom is 0.259 e. The highest BCUT2D eigenvalue weighted by Crippen LogP contribution is 2.33. The Hall–Kier alpha value is -2.94. The molecule has 27 heavy (non-hydrogen) atoms. The summed E-state index contributed by atoms with van der Waals surface area (Å²) in [5.74, 6) is 1.06. The molecule has 0 spiro atoms. The van der Waals surface area contributed by atoms with E-state index in [2.05, 4.69) is 5.32 Å². The monoisotopic (exact) mass is 392 g/mol. The van der Waals surface area contributed by atoms with Gasteiger partial charge in [0, 0.05) is 18.8 Å². The van der Waals surface area contributed by atoms with Gasteiger partial charge in [-0.05, 0) is 30.3 Å². The van der Waals surface area contributed by atoms with Gasteiger partial charge >= 0.3 is 0 Å². The predicted octanol–water partition coefficient (Wildman–Crippen LogP) is 2.11. The van der Waals surface area contributed by atoms with E-state index in [9.17, 15) is 13.2 Å². The Kier molecular flexibility index (Phi) is 5.13. The van der Waals surface area contributed by atoms with Gasteiger partial charge in [-0.15, -0.1) is 0 Å². The Labute approximate surface area is 157 Å². The molecule has 0 aromatic heterocycles. The molecule has 0 bridgehead atoms. The van der Waals surface area contributed by atoms with E-state index in [0.29, 0.717) is 41.8 Å². The van der Waals surface area contributed by atoms with E-state index in [4.69, 9.17) is 14.2 Å². The molecule has 0 radical (unpaired) electrons. The van der Waals surface area contributed by atoms with Crippen molar-refractivity contribution in [1.29, 1.82) is 0 Å². The number of anilines is 2. The first kappa shape index (κ1) is 18.8. The summed E-state index contributed by atoms with van der Waals surface area (Å²) < 4.78 is 40.8. The van der Waals surface area contributed by atoms with Crippen LogP contribution in [0.15, 0.2) is 36.4 Å². The van der Waals surface area contributed by atoms with E-state index in [-0.39, 0.29) is 5.56 Å². The molecule has 3 rings (SSSR count). The van der Waals surface area contributed by atoms with Gasteiger partial charge in [-0.25, -0.2) is 8.42 Å². The lowest BCUT2D eigenvalue weighted by Gasteiger charge is -2.20. The molecule has 9 heteroatoms. The molecule has 0 atom stereocenters. The Balaban J connectivity index is 1.89. The van der Waals surface area contributed by atoms with Crippen molar-refractivity contribution in [1.82, 2.24) is 0 Å². The number of hydrogen-bond acceptors (Lipinski definition) is 6. The number of carbonyl (C=O) groups excluding carboxylic acids is 1. The second-order valence-corrected chi connectivity index (χ2v) is 7.94. The Morgan fingerprint density at radius 1 is 1.11 bits per heavy atom. The van der Waals surface area contributed by atoms with Crippen molar-refractivity contribution in [2.45, 2.75) is 0 Å². The lowest BCUT2D eigenvalue weighted by Crippen LogP contribution is -2.25. The number of hydrogen-bond donors (Lipinski definition) is 1. The quantitative estimate of drug-likeness (QED) is 0.838. The van der Waals surface area contributed by atoms with Gasteiger partial charge in [0.25, 0.3) is 5.91 Å². The van der Waals surface area contributed by atoms with Gasteiger partial charge in [0.05, 0.1) is 24.6 Å². The van der Waals surface area contributed by atoms with E-state index >= 15 is 0 Å². The molecule has 144 valence electrons. The fourth-order valence-electron chi connectivity index (χ4n) is 2.58. The Morgan fingerprint density at radius 2 is 1.81 bits per heavy atom. The highest BCUT2D eigenvalue weighted by molar-refractivity contribution is 7.92. The fourth-order valence-corrected chi connectivity index (χ4v) is 3.08. The van der Waals surface area contributed by atoms with Crippen LogP contribution >= 0.6 is 0 Å². The molecule has 0 unspecified atom stereocenters. The average Bonchev–Trinajstić information content (AvgIpc) is 2.66. The van der Waals surface area contributed by atoms with Gasteiger partial charge in [0.15, 0.2) is 11.5 Å². The number of carbonyl (C=O) groups is 1. The first-order valence-corrected chi connectivity index (χ1v) is 9.97. The summed E-state index contributed by atoms with van der Waals surface area (Å²) in [6.07, 6.45) is 1.09. The molecule has 1 N–H and O–H groups in total. The fraction of sp³-hybridized carbons (Fsp3) is 0.278. The number of benzene rings is 2. The van der Waals surface area contributed by atoms with Crippen molar-refractivity contribution in [3.8, 4) is 17.2 Å². The Bertz CT molecular complexity index is 974. The Morgan fingerprint density at radius 3 is 2.48 bits per heavy atom. The van der Waals surface area contributed by atoms with Crippen molar-refractivity contribution < 1.29 is 27.4 Å². The summed E-state index contributed by atoms with van der Waals surface area (Å²) in [6.45, 7) is 0.925. The lowest BCUT2D eigenvalue weighted by atomic mass is 10.1. The molecule has 1 aliphatic rings. The summed E-state index contributed by atoms with van der Waals surface area (Å²) in [4.78, 5) is 12.8. The van der Waals surface area contributed by atoms with Crippen LogP contribution < -0.4 is 23.8 Å². The van der Waals surface area contributed by atoms with Crippen molar-refractivity contribution in [3.05, 3.63) is 42.0 Å². The molecule has 0 saturated heterocycles. The van der Waals surface area contributed by atoms with Crippen LogP contribution in [-0.4, -0.2) is 48.0 Å². The van der Waals surface area contributed by atoms with Crippen LogP contribution in [0.5, 0.6) is 17.2 Å². The maximum atomic E-state index is 12.8. The molecule has 2 aromatic carbocycles. The number of ether oxygens (including phenoxy) is 3. The van der Waals surface area contributed by atoms with Crippen molar-refractivity contribution in [2.75, 3.05) is 43.2 Å². The number of rotatable bonds is 5. The van der Waals surface area contributed by atoms with E-state index in [1.165, 1.54) is 20.2 Å². The lowest BCUT2D eigenvalue weighted by molar-refractivity contribution is 0.102. The molecular formula is C18H20N2O6S. The van der Waals surface area contributed by atoms with E-state index in [0.717, 1.165) is 10.6 Å². The second-order valence-electron chi connectivity index (χ2n) is 5.93. The number of fused-ring (bicyclic) bond motifs is 1. The second kappa shape index (κ2) is 7.36. The van der Waals surface area contributed by atoms with Crippen LogP contribution in [0.25, 0.3) is 0 Å². The minimum absolute atomic E-state index is 0.209. The number of nitrogens with zero attached hydrogens (tertiary/aromatic N) is 1. The number of amides is 1. The van der Waals surface area contributed by atoms with Crippen LogP contribution in [0.1, 0.15) is 10.4 Å². The summed E-state index contributed by atoms with van der Waals surface area (Å²) in [5, 5.41) is 2.77. The standard InChI is InChI=1S/C18H20N2O6S/c1-20(27(3,22)23)13-5-7-15(24-2)14(11-13)18(21)19-12-4-6-16-17(10-12)26-9-8-25-16/h4-7,10-11H,8-9H2,1-3H3,(H,19,21). The molecule has 0 saturated carbocycles. The third-order valence-electron chi connectivity index (χ3n) is 4.09. The van der Waals surface area contributed by atoms with Crippen LogP contribution in [0.3, 0.4) is 0 Å². The van der Waals surface area contributed by atoms with Gasteiger partial charge in [0.1, 0.15) is 19.0 Å². The molecule has 1 amide bonds. The normalized spacial score (nSPS) is 13.0. The SMILES string of the molecule is COc1ccc(N(C)S(C)(=O)=O)cc1C(=O)Nc1ccc2c(c1)OCCO2. The number of methoxy groups -OCH3 is 1. The van der Waals surface area contributed by atoms with Gasteiger partial charge in [-0.2, -0.15) is 0 Å².